The minimum atomic E-state index is -0.909. The van der Waals surface area contributed by atoms with E-state index in [9.17, 15) is 19.5 Å². The van der Waals surface area contributed by atoms with Crippen molar-refractivity contribution in [1.29, 1.82) is 0 Å². The van der Waals surface area contributed by atoms with Crippen molar-refractivity contribution in [3.63, 3.8) is 0 Å². The zero-order valence-corrected chi connectivity index (χ0v) is 14.9. The van der Waals surface area contributed by atoms with E-state index in [0.717, 1.165) is 29.0 Å². The van der Waals surface area contributed by atoms with E-state index in [-0.39, 0.29) is 30.4 Å². The molecule has 1 aromatic heterocycles. The SMILES string of the molecule is Cc1cc(C(=O)CCC(=O)N2CC3CCCC3C2C(=O)O)c(C)s1. The molecule has 3 rings (SSSR count). The molecule has 1 N–H and O–H groups in total. The number of aryl methyl sites for hydroxylation is 2. The molecule has 0 bridgehead atoms. The highest BCUT2D eigenvalue weighted by atomic mass is 32.1. The fourth-order valence-electron chi connectivity index (χ4n) is 4.28. The van der Waals surface area contributed by atoms with Crippen LogP contribution in [0.1, 0.15) is 52.2 Å². The first-order chi connectivity index (χ1) is 11.4. The van der Waals surface area contributed by atoms with Gasteiger partial charge >= 0.3 is 5.97 Å². The van der Waals surface area contributed by atoms with Crippen molar-refractivity contribution in [2.75, 3.05) is 6.54 Å². The van der Waals surface area contributed by atoms with E-state index in [1.54, 1.807) is 11.3 Å². The number of Topliss-reactive ketones (excluding diaryl/α,β-unsaturated/α-hetero) is 1. The number of hydrogen-bond donors (Lipinski definition) is 1. The minimum absolute atomic E-state index is 0.0310. The van der Waals surface area contributed by atoms with E-state index >= 15 is 0 Å². The number of carboxylic acids is 1. The van der Waals surface area contributed by atoms with Gasteiger partial charge in [0, 0.05) is 34.7 Å². The van der Waals surface area contributed by atoms with Gasteiger partial charge in [0.1, 0.15) is 6.04 Å². The predicted octanol–water partition coefficient (Wildman–Crippen LogP) is 3.04. The monoisotopic (exact) mass is 349 g/mol. The lowest BCUT2D eigenvalue weighted by Gasteiger charge is -2.24. The van der Waals surface area contributed by atoms with Gasteiger partial charge in [-0.25, -0.2) is 4.79 Å². The van der Waals surface area contributed by atoms with E-state index < -0.39 is 12.0 Å². The number of carbonyl (C=O) groups is 3. The smallest absolute Gasteiger partial charge is 0.326 e. The van der Waals surface area contributed by atoms with Gasteiger partial charge in [-0.2, -0.15) is 0 Å². The van der Waals surface area contributed by atoms with Crippen LogP contribution in [0.2, 0.25) is 0 Å². The lowest BCUT2D eigenvalue weighted by Crippen LogP contribution is -2.43. The van der Waals surface area contributed by atoms with Crippen molar-refractivity contribution >= 4 is 29.0 Å². The topological polar surface area (TPSA) is 74.7 Å². The van der Waals surface area contributed by atoms with Crippen molar-refractivity contribution in [3.05, 3.63) is 21.4 Å². The Labute approximate surface area is 145 Å². The Kier molecular flexibility index (Phi) is 4.76. The second-order valence-electron chi connectivity index (χ2n) is 6.93. The summed E-state index contributed by atoms with van der Waals surface area (Å²) >= 11 is 1.58. The first-order valence-corrected chi connectivity index (χ1v) is 9.32. The molecule has 1 aliphatic heterocycles. The molecule has 3 atom stereocenters. The van der Waals surface area contributed by atoms with Crippen molar-refractivity contribution in [2.24, 2.45) is 11.8 Å². The fraction of sp³-hybridized carbons (Fsp3) is 0.611. The van der Waals surface area contributed by atoms with Crippen LogP contribution in [0.5, 0.6) is 0 Å². The van der Waals surface area contributed by atoms with Gasteiger partial charge in [-0.05, 0) is 44.6 Å². The van der Waals surface area contributed by atoms with Crippen LogP contribution in [0, 0.1) is 25.7 Å². The summed E-state index contributed by atoms with van der Waals surface area (Å²) < 4.78 is 0. The molecule has 3 unspecified atom stereocenters. The Hall–Kier alpha value is -1.69. The van der Waals surface area contributed by atoms with Crippen LogP contribution < -0.4 is 0 Å². The number of amides is 1. The summed E-state index contributed by atoms with van der Waals surface area (Å²) in [5.41, 5.74) is 0.693. The second-order valence-corrected chi connectivity index (χ2v) is 8.39. The largest absolute Gasteiger partial charge is 0.480 e. The Morgan fingerprint density at radius 1 is 1.25 bits per heavy atom. The van der Waals surface area contributed by atoms with Gasteiger partial charge in [-0.3, -0.25) is 9.59 Å². The number of carboxylic acid groups (broad SMARTS) is 1. The predicted molar refractivity (Wildman–Crippen MR) is 91.3 cm³/mol. The lowest BCUT2D eigenvalue weighted by molar-refractivity contribution is -0.149. The molecule has 1 saturated heterocycles. The Morgan fingerprint density at radius 2 is 2.00 bits per heavy atom. The minimum Gasteiger partial charge on any atom is -0.480 e. The number of aliphatic carboxylic acids is 1. The highest BCUT2D eigenvalue weighted by Gasteiger charge is 2.49. The number of ketones is 1. The van der Waals surface area contributed by atoms with Crippen molar-refractivity contribution < 1.29 is 19.5 Å². The van der Waals surface area contributed by atoms with E-state index in [1.807, 2.05) is 19.9 Å². The first-order valence-electron chi connectivity index (χ1n) is 8.51. The fourth-order valence-corrected chi connectivity index (χ4v) is 5.23. The van der Waals surface area contributed by atoms with Crippen molar-refractivity contribution in [3.8, 4) is 0 Å². The molecule has 5 nitrogen and oxygen atoms in total. The molecule has 0 radical (unpaired) electrons. The molecule has 24 heavy (non-hydrogen) atoms. The van der Waals surface area contributed by atoms with E-state index in [2.05, 4.69) is 0 Å². The standard InChI is InChI=1S/C18H23NO4S/c1-10-8-14(11(2)24-10)15(20)6-7-16(21)19-9-12-4-3-5-13(12)17(19)18(22)23/h8,12-13,17H,3-7,9H2,1-2H3,(H,22,23). The van der Waals surface area contributed by atoms with Gasteiger partial charge in [-0.1, -0.05) is 6.42 Å². The van der Waals surface area contributed by atoms with E-state index in [0.29, 0.717) is 18.0 Å². The number of hydrogen-bond acceptors (Lipinski definition) is 4. The Bertz CT molecular complexity index is 681. The van der Waals surface area contributed by atoms with Crippen LogP contribution in [0.15, 0.2) is 6.07 Å². The van der Waals surface area contributed by atoms with Gasteiger partial charge in [0.25, 0.3) is 0 Å². The average molecular weight is 349 g/mol. The summed E-state index contributed by atoms with van der Waals surface area (Å²) in [5.74, 6) is -0.740. The van der Waals surface area contributed by atoms with Gasteiger partial charge in [0.2, 0.25) is 5.91 Å². The zero-order valence-electron chi connectivity index (χ0n) is 14.1. The summed E-state index contributed by atoms with van der Waals surface area (Å²) in [6.07, 6.45) is 3.18. The molecule has 2 heterocycles. The number of carbonyl (C=O) groups excluding carboxylic acids is 2. The molecule has 0 spiro atoms. The average Bonchev–Trinajstić information content (AvgIpc) is 3.17. The van der Waals surface area contributed by atoms with Crippen LogP contribution in [0.4, 0.5) is 0 Å². The molecular weight excluding hydrogens is 326 g/mol. The molecule has 2 fully saturated rings. The second kappa shape index (κ2) is 6.67. The third kappa shape index (κ3) is 3.11. The number of thiophene rings is 1. The van der Waals surface area contributed by atoms with Gasteiger partial charge in [0.15, 0.2) is 5.78 Å². The number of fused-ring (bicyclic) bond motifs is 1. The number of likely N-dealkylation sites (tertiary alicyclic amines) is 1. The molecular formula is C18H23NO4S. The highest BCUT2D eigenvalue weighted by Crippen LogP contribution is 2.42. The molecule has 1 aliphatic carbocycles. The van der Waals surface area contributed by atoms with Gasteiger partial charge in [0.05, 0.1) is 0 Å². The summed E-state index contributed by atoms with van der Waals surface area (Å²) in [4.78, 5) is 40.0. The zero-order chi connectivity index (χ0) is 17.4. The third-order valence-corrected chi connectivity index (χ3v) is 6.34. The van der Waals surface area contributed by atoms with Crippen LogP contribution in [0.3, 0.4) is 0 Å². The molecule has 6 heteroatoms. The molecule has 2 aliphatic rings. The Morgan fingerprint density at radius 3 is 2.62 bits per heavy atom. The Balaban J connectivity index is 1.63. The first kappa shape index (κ1) is 17.1. The maximum absolute atomic E-state index is 12.5. The van der Waals surface area contributed by atoms with Crippen molar-refractivity contribution in [2.45, 2.75) is 52.0 Å². The van der Waals surface area contributed by atoms with Crippen molar-refractivity contribution in [1.82, 2.24) is 4.90 Å². The maximum Gasteiger partial charge on any atom is 0.326 e. The quantitative estimate of drug-likeness (QED) is 0.829. The maximum atomic E-state index is 12.5. The molecule has 0 aromatic carbocycles. The number of rotatable bonds is 5. The molecule has 130 valence electrons. The van der Waals surface area contributed by atoms with Gasteiger partial charge < -0.3 is 10.0 Å². The normalized spacial score (nSPS) is 25.8. The van der Waals surface area contributed by atoms with E-state index in [1.165, 1.54) is 4.90 Å². The molecule has 1 saturated carbocycles. The number of nitrogens with zero attached hydrogens (tertiary/aromatic N) is 1. The van der Waals surface area contributed by atoms with Crippen LogP contribution in [-0.2, 0) is 9.59 Å². The summed E-state index contributed by atoms with van der Waals surface area (Å²) in [7, 11) is 0. The van der Waals surface area contributed by atoms with Crippen LogP contribution >= 0.6 is 11.3 Å². The third-order valence-electron chi connectivity index (χ3n) is 5.37. The molecule has 1 amide bonds. The highest BCUT2D eigenvalue weighted by molar-refractivity contribution is 7.12. The summed E-state index contributed by atoms with van der Waals surface area (Å²) in [6, 6.07) is 1.16. The van der Waals surface area contributed by atoms with Gasteiger partial charge in [-0.15, -0.1) is 11.3 Å². The molecule has 1 aromatic rings. The van der Waals surface area contributed by atoms with Crippen LogP contribution in [-0.4, -0.2) is 40.3 Å². The summed E-state index contributed by atoms with van der Waals surface area (Å²) in [5, 5.41) is 9.51. The lowest BCUT2D eigenvalue weighted by atomic mass is 9.94. The van der Waals surface area contributed by atoms with E-state index in [4.69, 9.17) is 0 Å². The summed E-state index contributed by atoms with van der Waals surface area (Å²) in [6.45, 7) is 4.40. The van der Waals surface area contributed by atoms with Crippen LogP contribution in [0.25, 0.3) is 0 Å².